The Balaban J connectivity index is 1.90. The Morgan fingerprint density at radius 3 is 2.75 bits per heavy atom. The van der Waals surface area contributed by atoms with Crippen LogP contribution in [0.15, 0.2) is 10.9 Å². The van der Waals surface area contributed by atoms with Crippen LogP contribution in [0.3, 0.4) is 0 Å². The lowest BCUT2D eigenvalue weighted by Crippen LogP contribution is -2.34. The van der Waals surface area contributed by atoms with Crippen LogP contribution in [-0.4, -0.2) is 17.6 Å². The van der Waals surface area contributed by atoms with Gasteiger partial charge in [0.15, 0.2) is 0 Å². The van der Waals surface area contributed by atoms with E-state index < -0.39 is 0 Å². The number of hydrogen-bond acceptors (Lipinski definition) is 3. The van der Waals surface area contributed by atoms with Crippen molar-refractivity contribution in [1.82, 2.24) is 10.3 Å². The molecule has 1 unspecified atom stereocenters. The minimum atomic E-state index is 0.353. The average molecular weight is 238 g/mol. The highest BCUT2D eigenvalue weighted by Gasteiger charge is 2.28. The van der Waals surface area contributed by atoms with Crippen molar-refractivity contribution in [1.29, 1.82) is 0 Å². The molecule has 1 aromatic rings. The highest BCUT2D eigenvalue weighted by molar-refractivity contribution is 7.07. The third-order valence-corrected chi connectivity index (χ3v) is 4.03. The second kappa shape index (κ2) is 4.84. The van der Waals surface area contributed by atoms with Gasteiger partial charge >= 0.3 is 0 Å². The van der Waals surface area contributed by atoms with Crippen molar-refractivity contribution >= 4 is 11.3 Å². The SMILES string of the molecule is CC(C)(C)C(CNC1CC1)Cc1cscn1. The second-order valence-corrected chi connectivity index (χ2v) is 6.65. The van der Waals surface area contributed by atoms with Crippen LogP contribution in [0.2, 0.25) is 0 Å². The fourth-order valence-corrected chi connectivity index (χ4v) is 2.44. The van der Waals surface area contributed by atoms with E-state index in [-0.39, 0.29) is 0 Å². The Bertz CT molecular complexity index is 309. The van der Waals surface area contributed by atoms with Crippen molar-refractivity contribution in [2.75, 3.05) is 6.54 Å². The molecule has 1 aliphatic rings. The summed E-state index contributed by atoms with van der Waals surface area (Å²) in [5, 5.41) is 5.83. The van der Waals surface area contributed by atoms with Crippen molar-refractivity contribution in [2.45, 2.75) is 46.1 Å². The van der Waals surface area contributed by atoms with Crippen LogP contribution < -0.4 is 5.32 Å². The molecule has 1 N–H and O–H groups in total. The van der Waals surface area contributed by atoms with Gasteiger partial charge in [0, 0.05) is 11.4 Å². The van der Waals surface area contributed by atoms with Crippen LogP contribution in [0.25, 0.3) is 0 Å². The predicted molar refractivity (Wildman–Crippen MR) is 69.8 cm³/mol. The van der Waals surface area contributed by atoms with Crippen molar-refractivity contribution in [3.8, 4) is 0 Å². The summed E-state index contributed by atoms with van der Waals surface area (Å²) < 4.78 is 0. The molecule has 0 aliphatic heterocycles. The molecule has 3 heteroatoms. The van der Waals surface area contributed by atoms with Crippen molar-refractivity contribution < 1.29 is 0 Å². The van der Waals surface area contributed by atoms with Gasteiger partial charge in [0.2, 0.25) is 0 Å². The smallest absolute Gasteiger partial charge is 0.0794 e. The van der Waals surface area contributed by atoms with E-state index in [1.54, 1.807) is 11.3 Å². The predicted octanol–water partition coefficient (Wildman–Crippen LogP) is 3.10. The lowest BCUT2D eigenvalue weighted by Gasteiger charge is -2.30. The lowest BCUT2D eigenvalue weighted by molar-refractivity contribution is 0.229. The molecule has 0 amide bonds. The highest BCUT2D eigenvalue weighted by atomic mass is 32.1. The summed E-state index contributed by atoms with van der Waals surface area (Å²) >= 11 is 1.70. The molecular formula is C13H22N2S. The minimum absolute atomic E-state index is 0.353. The summed E-state index contributed by atoms with van der Waals surface area (Å²) in [6, 6.07) is 0.806. The van der Waals surface area contributed by atoms with Gasteiger partial charge < -0.3 is 5.32 Å². The number of nitrogens with one attached hydrogen (secondary N) is 1. The topological polar surface area (TPSA) is 24.9 Å². The summed E-state index contributed by atoms with van der Waals surface area (Å²) in [5.41, 5.74) is 3.54. The van der Waals surface area contributed by atoms with Gasteiger partial charge in [-0.25, -0.2) is 4.98 Å². The Morgan fingerprint density at radius 1 is 1.50 bits per heavy atom. The first-order chi connectivity index (χ1) is 7.55. The standard InChI is InChI=1S/C13H22N2S/c1-13(2,3)10(7-14-11-4-5-11)6-12-8-16-9-15-12/h8-11,14H,4-7H2,1-3H3. The van der Waals surface area contributed by atoms with E-state index in [4.69, 9.17) is 0 Å². The fraction of sp³-hybridized carbons (Fsp3) is 0.769. The maximum atomic E-state index is 4.40. The van der Waals surface area contributed by atoms with Gasteiger partial charge in [-0.05, 0) is 37.1 Å². The Kier molecular flexibility index (Phi) is 3.65. The molecule has 1 aromatic heterocycles. The molecular weight excluding hydrogens is 216 g/mol. The summed E-state index contributed by atoms with van der Waals surface area (Å²) in [4.78, 5) is 4.40. The van der Waals surface area contributed by atoms with Crippen LogP contribution in [0, 0.1) is 11.3 Å². The molecule has 0 saturated heterocycles. The first-order valence-corrected chi connectivity index (χ1v) is 7.10. The van der Waals surface area contributed by atoms with Crippen LogP contribution in [0.4, 0.5) is 0 Å². The van der Waals surface area contributed by atoms with Gasteiger partial charge in [-0.3, -0.25) is 0 Å². The largest absolute Gasteiger partial charge is 0.314 e. The maximum Gasteiger partial charge on any atom is 0.0794 e. The first kappa shape index (κ1) is 12.1. The molecule has 0 radical (unpaired) electrons. The first-order valence-electron chi connectivity index (χ1n) is 6.16. The van der Waals surface area contributed by atoms with Gasteiger partial charge in [-0.15, -0.1) is 11.3 Å². The number of nitrogens with zero attached hydrogens (tertiary/aromatic N) is 1. The van der Waals surface area contributed by atoms with Gasteiger partial charge in [0.05, 0.1) is 11.2 Å². The van der Waals surface area contributed by atoms with Gasteiger partial charge in [-0.2, -0.15) is 0 Å². The number of aromatic nitrogens is 1. The van der Waals surface area contributed by atoms with E-state index in [0.29, 0.717) is 11.3 Å². The number of hydrogen-bond donors (Lipinski definition) is 1. The molecule has 0 aromatic carbocycles. The highest BCUT2D eigenvalue weighted by Crippen LogP contribution is 2.29. The Labute approximate surface area is 102 Å². The monoisotopic (exact) mass is 238 g/mol. The van der Waals surface area contributed by atoms with Crippen LogP contribution in [-0.2, 0) is 6.42 Å². The molecule has 0 spiro atoms. The molecule has 1 fully saturated rings. The number of rotatable bonds is 5. The van der Waals surface area contributed by atoms with Gasteiger partial charge in [0.1, 0.15) is 0 Å². The van der Waals surface area contributed by atoms with Crippen LogP contribution in [0.1, 0.15) is 39.3 Å². The summed E-state index contributed by atoms with van der Waals surface area (Å²) in [6.07, 6.45) is 3.84. The summed E-state index contributed by atoms with van der Waals surface area (Å²) in [7, 11) is 0. The second-order valence-electron chi connectivity index (χ2n) is 5.93. The van der Waals surface area contributed by atoms with Crippen molar-refractivity contribution in [2.24, 2.45) is 11.3 Å². The Hall–Kier alpha value is -0.410. The van der Waals surface area contributed by atoms with E-state index >= 15 is 0 Å². The van der Waals surface area contributed by atoms with Gasteiger partial charge in [-0.1, -0.05) is 20.8 Å². The number of thiazole rings is 1. The Morgan fingerprint density at radius 2 is 2.25 bits per heavy atom. The molecule has 1 aliphatic carbocycles. The average Bonchev–Trinajstić information content (AvgIpc) is 2.87. The summed E-state index contributed by atoms with van der Waals surface area (Å²) in [6.45, 7) is 8.13. The lowest BCUT2D eigenvalue weighted by atomic mass is 9.78. The molecule has 1 heterocycles. The molecule has 90 valence electrons. The molecule has 2 rings (SSSR count). The molecule has 1 atom stereocenters. The van der Waals surface area contributed by atoms with Crippen molar-refractivity contribution in [3.63, 3.8) is 0 Å². The van der Waals surface area contributed by atoms with Gasteiger partial charge in [0.25, 0.3) is 0 Å². The molecule has 0 bridgehead atoms. The fourth-order valence-electron chi connectivity index (χ4n) is 1.87. The van der Waals surface area contributed by atoms with E-state index in [2.05, 4.69) is 36.5 Å². The summed E-state index contributed by atoms with van der Waals surface area (Å²) in [5.74, 6) is 0.676. The zero-order valence-corrected chi connectivity index (χ0v) is 11.3. The molecule has 1 saturated carbocycles. The zero-order valence-electron chi connectivity index (χ0n) is 10.5. The third kappa shape index (κ3) is 3.56. The molecule has 2 nitrogen and oxygen atoms in total. The van der Waals surface area contributed by atoms with Crippen molar-refractivity contribution in [3.05, 3.63) is 16.6 Å². The zero-order chi connectivity index (χ0) is 11.6. The van der Waals surface area contributed by atoms with E-state index in [1.165, 1.54) is 18.5 Å². The molecule has 16 heavy (non-hydrogen) atoms. The van der Waals surface area contributed by atoms with E-state index in [9.17, 15) is 0 Å². The van der Waals surface area contributed by atoms with E-state index in [0.717, 1.165) is 19.0 Å². The van der Waals surface area contributed by atoms with Crippen LogP contribution >= 0.6 is 11.3 Å². The normalized spacial score (nSPS) is 18.7. The third-order valence-electron chi connectivity index (χ3n) is 3.39. The van der Waals surface area contributed by atoms with E-state index in [1.807, 2.05) is 5.51 Å². The quantitative estimate of drug-likeness (QED) is 0.852. The minimum Gasteiger partial charge on any atom is -0.314 e. The maximum absolute atomic E-state index is 4.40. The van der Waals surface area contributed by atoms with Crippen LogP contribution in [0.5, 0.6) is 0 Å².